The van der Waals surface area contributed by atoms with Crippen LogP contribution in [0.4, 0.5) is 5.69 Å². The number of hydrogen-bond acceptors (Lipinski definition) is 3. The second-order valence-electron chi connectivity index (χ2n) is 4.22. The van der Waals surface area contributed by atoms with Crippen LogP contribution in [0.15, 0.2) is 18.2 Å². The van der Waals surface area contributed by atoms with Crippen LogP contribution in [-0.4, -0.2) is 28.8 Å². The van der Waals surface area contributed by atoms with Crippen molar-refractivity contribution in [1.82, 2.24) is 0 Å². The van der Waals surface area contributed by atoms with Crippen LogP contribution in [0.1, 0.15) is 18.4 Å². The monoisotopic (exact) mass is 221 g/mol. The van der Waals surface area contributed by atoms with Crippen molar-refractivity contribution in [3.63, 3.8) is 0 Å². The smallest absolute Gasteiger partial charge is 0.326 e. The van der Waals surface area contributed by atoms with E-state index >= 15 is 0 Å². The third kappa shape index (κ3) is 1.96. The number of aromatic hydroxyl groups is 1. The van der Waals surface area contributed by atoms with Crippen molar-refractivity contribution in [1.29, 1.82) is 0 Å². The van der Waals surface area contributed by atoms with Crippen LogP contribution >= 0.6 is 0 Å². The van der Waals surface area contributed by atoms with Gasteiger partial charge in [-0.3, -0.25) is 0 Å². The zero-order valence-corrected chi connectivity index (χ0v) is 9.18. The number of carbonyl (C=O) groups is 1. The molecule has 0 radical (unpaired) electrons. The summed E-state index contributed by atoms with van der Waals surface area (Å²) in [6, 6.07) is 4.73. The van der Waals surface area contributed by atoms with E-state index in [1.54, 1.807) is 12.1 Å². The number of aliphatic carboxylic acids is 1. The van der Waals surface area contributed by atoms with E-state index in [4.69, 9.17) is 5.11 Å². The van der Waals surface area contributed by atoms with Gasteiger partial charge in [0.05, 0.1) is 0 Å². The van der Waals surface area contributed by atoms with E-state index in [-0.39, 0.29) is 5.75 Å². The molecule has 2 rings (SSSR count). The lowest BCUT2D eigenvalue weighted by molar-refractivity contribution is -0.138. The van der Waals surface area contributed by atoms with Gasteiger partial charge in [-0.1, -0.05) is 0 Å². The first-order chi connectivity index (χ1) is 7.58. The molecular weight excluding hydrogens is 206 g/mol. The highest BCUT2D eigenvalue weighted by atomic mass is 16.4. The van der Waals surface area contributed by atoms with Crippen LogP contribution in [0.3, 0.4) is 0 Å². The SMILES string of the molecule is Cc1cc(O)cc(N2CCCC2C(=O)O)c1. The Bertz CT molecular complexity index is 396. The Morgan fingerprint density at radius 1 is 1.44 bits per heavy atom. The van der Waals surface area contributed by atoms with E-state index in [9.17, 15) is 9.90 Å². The van der Waals surface area contributed by atoms with Gasteiger partial charge in [0.2, 0.25) is 0 Å². The predicted octanol–water partition coefficient (Wildman–Crippen LogP) is 1.75. The van der Waals surface area contributed by atoms with Crippen molar-refractivity contribution in [2.75, 3.05) is 11.4 Å². The van der Waals surface area contributed by atoms with E-state index in [0.717, 1.165) is 24.2 Å². The molecule has 1 heterocycles. The summed E-state index contributed by atoms with van der Waals surface area (Å²) in [7, 11) is 0. The third-order valence-electron chi connectivity index (χ3n) is 2.92. The van der Waals surface area contributed by atoms with Crippen LogP contribution < -0.4 is 4.90 Å². The minimum atomic E-state index is -0.793. The van der Waals surface area contributed by atoms with Gasteiger partial charge in [-0.2, -0.15) is 0 Å². The molecule has 1 atom stereocenters. The molecule has 0 aromatic heterocycles. The van der Waals surface area contributed by atoms with Crippen molar-refractivity contribution < 1.29 is 15.0 Å². The van der Waals surface area contributed by atoms with E-state index in [1.807, 2.05) is 17.9 Å². The molecule has 1 aliphatic rings. The number of phenols is 1. The van der Waals surface area contributed by atoms with Crippen LogP contribution in [0.2, 0.25) is 0 Å². The Balaban J connectivity index is 2.32. The van der Waals surface area contributed by atoms with Gasteiger partial charge in [0.25, 0.3) is 0 Å². The first-order valence-corrected chi connectivity index (χ1v) is 5.38. The predicted molar refractivity (Wildman–Crippen MR) is 60.8 cm³/mol. The lowest BCUT2D eigenvalue weighted by atomic mass is 10.1. The Morgan fingerprint density at radius 2 is 2.19 bits per heavy atom. The number of aryl methyl sites for hydroxylation is 1. The number of carboxylic acid groups (broad SMARTS) is 1. The molecular formula is C12H15NO3. The van der Waals surface area contributed by atoms with Gasteiger partial charge in [-0.05, 0) is 37.5 Å². The fourth-order valence-corrected chi connectivity index (χ4v) is 2.24. The van der Waals surface area contributed by atoms with Crippen molar-refractivity contribution in [3.05, 3.63) is 23.8 Å². The number of phenolic OH excluding ortho intramolecular Hbond substituents is 1. The van der Waals surface area contributed by atoms with Crippen molar-refractivity contribution in [2.45, 2.75) is 25.8 Å². The molecule has 0 aliphatic carbocycles. The highest BCUT2D eigenvalue weighted by Gasteiger charge is 2.30. The van der Waals surface area contributed by atoms with Gasteiger partial charge in [-0.15, -0.1) is 0 Å². The number of anilines is 1. The van der Waals surface area contributed by atoms with E-state index < -0.39 is 12.0 Å². The van der Waals surface area contributed by atoms with Gasteiger partial charge in [0.15, 0.2) is 0 Å². The highest BCUT2D eigenvalue weighted by molar-refractivity contribution is 5.79. The molecule has 1 saturated heterocycles. The van der Waals surface area contributed by atoms with Crippen LogP contribution in [-0.2, 0) is 4.79 Å². The fourth-order valence-electron chi connectivity index (χ4n) is 2.24. The summed E-state index contributed by atoms with van der Waals surface area (Å²) in [4.78, 5) is 12.9. The van der Waals surface area contributed by atoms with Gasteiger partial charge >= 0.3 is 5.97 Å². The highest BCUT2D eigenvalue weighted by Crippen LogP contribution is 2.29. The molecule has 0 spiro atoms. The largest absolute Gasteiger partial charge is 0.508 e. The van der Waals surface area contributed by atoms with E-state index in [0.29, 0.717) is 6.42 Å². The molecule has 0 bridgehead atoms. The van der Waals surface area contributed by atoms with Crippen LogP contribution in [0.25, 0.3) is 0 Å². The topological polar surface area (TPSA) is 60.8 Å². The van der Waals surface area contributed by atoms with E-state index in [1.165, 1.54) is 0 Å². The van der Waals surface area contributed by atoms with Gasteiger partial charge < -0.3 is 15.1 Å². The molecule has 4 heteroatoms. The maximum Gasteiger partial charge on any atom is 0.326 e. The van der Waals surface area contributed by atoms with Crippen LogP contribution in [0.5, 0.6) is 5.75 Å². The maximum atomic E-state index is 11.1. The summed E-state index contributed by atoms with van der Waals surface area (Å²) in [5.74, 6) is -0.607. The molecule has 1 fully saturated rings. The lowest BCUT2D eigenvalue weighted by Crippen LogP contribution is -2.35. The molecule has 1 aromatic rings. The maximum absolute atomic E-state index is 11.1. The van der Waals surface area contributed by atoms with Crippen molar-refractivity contribution in [2.24, 2.45) is 0 Å². The van der Waals surface area contributed by atoms with Crippen LogP contribution in [0, 0.1) is 6.92 Å². The molecule has 86 valence electrons. The van der Waals surface area contributed by atoms with Crippen molar-refractivity contribution >= 4 is 11.7 Å². The number of rotatable bonds is 2. The minimum absolute atomic E-state index is 0.186. The third-order valence-corrected chi connectivity index (χ3v) is 2.92. The zero-order valence-electron chi connectivity index (χ0n) is 9.18. The molecule has 0 saturated carbocycles. The normalized spacial score (nSPS) is 20.1. The lowest BCUT2D eigenvalue weighted by Gasteiger charge is -2.24. The summed E-state index contributed by atoms with van der Waals surface area (Å²) in [6.45, 7) is 2.62. The summed E-state index contributed by atoms with van der Waals surface area (Å²) in [5.41, 5.74) is 1.73. The molecule has 4 nitrogen and oxygen atoms in total. The second-order valence-corrected chi connectivity index (χ2v) is 4.22. The standard InChI is InChI=1S/C12H15NO3/c1-8-5-9(7-10(14)6-8)13-4-2-3-11(13)12(15)16/h5-7,11,14H,2-4H2,1H3,(H,15,16). The minimum Gasteiger partial charge on any atom is -0.508 e. The van der Waals surface area contributed by atoms with Crippen molar-refractivity contribution in [3.8, 4) is 5.75 Å². The summed E-state index contributed by atoms with van der Waals surface area (Å²) in [6.07, 6.45) is 1.55. The summed E-state index contributed by atoms with van der Waals surface area (Å²) in [5, 5.41) is 18.6. The average molecular weight is 221 g/mol. The van der Waals surface area contributed by atoms with Gasteiger partial charge in [0, 0.05) is 18.3 Å². The molecule has 1 aliphatic heterocycles. The average Bonchev–Trinajstić information content (AvgIpc) is 2.63. The van der Waals surface area contributed by atoms with Gasteiger partial charge in [-0.25, -0.2) is 4.79 Å². The molecule has 1 aromatic carbocycles. The fraction of sp³-hybridized carbons (Fsp3) is 0.417. The number of benzene rings is 1. The Labute approximate surface area is 94.1 Å². The van der Waals surface area contributed by atoms with E-state index in [2.05, 4.69) is 0 Å². The Hall–Kier alpha value is -1.71. The second kappa shape index (κ2) is 4.04. The molecule has 2 N–H and O–H groups in total. The number of carboxylic acids is 1. The molecule has 16 heavy (non-hydrogen) atoms. The summed E-state index contributed by atoms with van der Waals surface area (Å²) >= 11 is 0. The molecule has 1 unspecified atom stereocenters. The Morgan fingerprint density at radius 3 is 2.81 bits per heavy atom. The quantitative estimate of drug-likeness (QED) is 0.798. The number of nitrogens with zero attached hydrogens (tertiary/aromatic N) is 1. The summed E-state index contributed by atoms with van der Waals surface area (Å²) < 4.78 is 0. The van der Waals surface area contributed by atoms with Gasteiger partial charge in [0.1, 0.15) is 11.8 Å². The Kier molecular flexibility index (Phi) is 2.73. The zero-order chi connectivity index (χ0) is 11.7. The molecule has 0 amide bonds. The number of hydrogen-bond donors (Lipinski definition) is 2. The first-order valence-electron chi connectivity index (χ1n) is 5.38. The first kappa shape index (κ1) is 10.8.